The third-order valence-electron chi connectivity index (χ3n) is 6.98. The fourth-order valence-corrected chi connectivity index (χ4v) is 5.58. The van der Waals surface area contributed by atoms with E-state index in [0.717, 1.165) is 43.9 Å². The number of carbonyl (C=O) groups is 2. The minimum Gasteiger partial charge on any atom is -0.481 e. The summed E-state index contributed by atoms with van der Waals surface area (Å²) in [7, 11) is 0. The summed E-state index contributed by atoms with van der Waals surface area (Å²) < 4.78 is 0. The Morgan fingerprint density at radius 3 is 2.50 bits per heavy atom. The molecule has 1 N–H and O–H groups in total. The first-order valence-corrected chi connectivity index (χ1v) is 10.7. The molecule has 0 aliphatic heterocycles. The van der Waals surface area contributed by atoms with Gasteiger partial charge >= 0.3 is 5.97 Å². The van der Waals surface area contributed by atoms with Crippen LogP contribution >= 0.6 is 0 Å². The highest BCUT2D eigenvalue weighted by Gasteiger charge is 2.45. The van der Waals surface area contributed by atoms with E-state index >= 15 is 0 Å². The molecule has 0 saturated heterocycles. The Morgan fingerprint density at radius 2 is 1.73 bits per heavy atom. The van der Waals surface area contributed by atoms with Crippen LogP contribution in [0.1, 0.15) is 77.0 Å². The number of rotatable bonds is 9. The van der Waals surface area contributed by atoms with Crippen molar-refractivity contribution in [3.63, 3.8) is 0 Å². The Morgan fingerprint density at radius 1 is 0.962 bits per heavy atom. The van der Waals surface area contributed by atoms with E-state index in [1.165, 1.54) is 38.5 Å². The van der Waals surface area contributed by atoms with Crippen LogP contribution < -0.4 is 0 Å². The van der Waals surface area contributed by atoms with E-state index in [1.54, 1.807) is 0 Å². The largest absolute Gasteiger partial charge is 0.481 e. The van der Waals surface area contributed by atoms with Crippen LogP contribution in [0.3, 0.4) is 0 Å². The fraction of sp³-hybridized carbons (Fsp3) is 0.739. The van der Waals surface area contributed by atoms with Crippen molar-refractivity contribution < 1.29 is 14.7 Å². The van der Waals surface area contributed by atoms with Crippen molar-refractivity contribution in [3.8, 4) is 0 Å². The summed E-state index contributed by atoms with van der Waals surface area (Å²) in [4.78, 5) is 23.1. The molecule has 0 aromatic heterocycles. The molecule has 0 unspecified atom stereocenters. The van der Waals surface area contributed by atoms with E-state index < -0.39 is 5.97 Å². The topological polar surface area (TPSA) is 54.4 Å². The molecule has 26 heavy (non-hydrogen) atoms. The van der Waals surface area contributed by atoms with E-state index in [0.29, 0.717) is 17.6 Å². The first-order valence-electron chi connectivity index (χ1n) is 10.7. The van der Waals surface area contributed by atoms with E-state index in [9.17, 15) is 9.59 Å². The van der Waals surface area contributed by atoms with Gasteiger partial charge in [0, 0.05) is 12.3 Å². The number of fused-ring (bicyclic) bond motifs is 2. The van der Waals surface area contributed by atoms with Crippen molar-refractivity contribution in [2.24, 2.45) is 29.6 Å². The molecule has 3 aliphatic carbocycles. The molecule has 144 valence electrons. The van der Waals surface area contributed by atoms with Gasteiger partial charge in [-0.1, -0.05) is 37.5 Å². The van der Waals surface area contributed by atoms with Gasteiger partial charge in [0.05, 0.1) is 0 Å². The highest BCUT2D eigenvalue weighted by molar-refractivity contribution is 5.91. The van der Waals surface area contributed by atoms with Crippen LogP contribution in [-0.2, 0) is 9.59 Å². The van der Waals surface area contributed by atoms with Crippen molar-refractivity contribution in [2.45, 2.75) is 77.0 Å². The van der Waals surface area contributed by atoms with Gasteiger partial charge in [0.2, 0.25) is 0 Å². The number of unbranched alkanes of at least 4 members (excludes halogenated alkanes) is 1. The number of aliphatic carboxylic acids is 1. The first kappa shape index (κ1) is 19.4. The quantitative estimate of drug-likeness (QED) is 0.334. The number of ketones is 1. The van der Waals surface area contributed by atoms with Crippen LogP contribution in [0.5, 0.6) is 0 Å². The molecule has 4 atom stereocenters. The molecule has 0 spiro atoms. The van der Waals surface area contributed by atoms with E-state index in [2.05, 4.69) is 18.2 Å². The lowest BCUT2D eigenvalue weighted by molar-refractivity contribution is -0.137. The predicted molar refractivity (Wildman–Crippen MR) is 104 cm³/mol. The van der Waals surface area contributed by atoms with Crippen LogP contribution in [0.25, 0.3) is 0 Å². The van der Waals surface area contributed by atoms with E-state index in [1.807, 2.05) is 6.08 Å². The minimum atomic E-state index is -0.709. The zero-order valence-electron chi connectivity index (χ0n) is 15.9. The summed E-state index contributed by atoms with van der Waals surface area (Å²) in [6, 6.07) is 0. The molecule has 3 saturated carbocycles. The highest BCUT2D eigenvalue weighted by Crippen LogP contribution is 2.54. The van der Waals surface area contributed by atoms with Crippen LogP contribution in [-0.4, -0.2) is 16.9 Å². The lowest BCUT2D eigenvalue weighted by atomic mass is 9.76. The Labute approximate surface area is 157 Å². The maximum atomic E-state index is 12.5. The first-order chi connectivity index (χ1) is 12.6. The molecule has 3 aliphatic rings. The van der Waals surface area contributed by atoms with Crippen LogP contribution in [0, 0.1) is 29.6 Å². The Hall–Kier alpha value is -1.38. The standard InChI is InChI=1S/C23H34O3/c24-22(17-8-4-3-5-9-17)15-14-21-19-13-12-18(16-19)20(21)10-6-1-2-7-11-23(25)26/h1,6,14-15,17-21H,2-5,7-13,16H2,(H,25,26)/t18-,19+,20+,21+/m1/s1. The zero-order valence-corrected chi connectivity index (χ0v) is 15.9. The van der Waals surface area contributed by atoms with Gasteiger partial charge in [-0.05, 0) is 81.1 Å². The van der Waals surface area contributed by atoms with Crippen molar-refractivity contribution >= 4 is 11.8 Å². The summed E-state index contributed by atoms with van der Waals surface area (Å²) >= 11 is 0. The van der Waals surface area contributed by atoms with Gasteiger partial charge in [-0.15, -0.1) is 0 Å². The monoisotopic (exact) mass is 358 g/mol. The molecule has 3 rings (SSSR count). The van der Waals surface area contributed by atoms with Crippen molar-refractivity contribution in [1.29, 1.82) is 0 Å². The summed E-state index contributed by atoms with van der Waals surface area (Å²) in [5.74, 6) is 2.80. The Kier molecular flexibility index (Phi) is 7.10. The highest BCUT2D eigenvalue weighted by atomic mass is 16.4. The molecule has 0 radical (unpaired) electrons. The van der Waals surface area contributed by atoms with E-state index in [-0.39, 0.29) is 12.3 Å². The smallest absolute Gasteiger partial charge is 0.303 e. The molecule has 0 heterocycles. The van der Waals surface area contributed by atoms with Gasteiger partial charge in [-0.25, -0.2) is 0 Å². The van der Waals surface area contributed by atoms with Crippen molar-refractivity contribution in [3.05, 3.63) is 24.3 Å². The van der Waals surface area contributed by atoms with Gasteiger partial charge < -0.3 is 5.11 Å². The average molecular weight is 359 g/mol. The number of carbonyl (C=O) groups excluding carboxylic acids is 1. The van der Waals surface area contributed by atoms with Crippen LogP contribution in [0.2, 0.25) is 0 Å². The maximum Gasteiger partial charge on any atom is 0.303 e. The maximum absolute atomic E-state index is 12.5. The van der Waals surface area contributed by atoms with Crippen LogP contribution in [0.4, 0.5) is 0 Å². The summed E-state index contributed by atoms with van der Waals surface area (Å²) in [5.41, 5.74) is 0. The molecule has 3 heteroatoms. The van der Waals surface area contributed by atoms with Gasteiger partial charge in [0.1, 0.15) is 0 Å². The van der Waals surface area contributed by atoms with Gasteiger partial charge in [-0.2, -0.15) is 0 Å². The third kappa shape index (κ3) is 5.08. The van der Waals surface area contributed by atoms with Crippen molar-refractivity contribution in [1.82, 2.24) is 0 Å². The molecular weight excluding hydrogens is 324 g/mol. The van der Waals surface area contributed by atoms with Gasteiger partial charge in [0.15, 0.2) is 5.78 Å². The molecule has 0 amide bonds. The Bertz CT molecular complexity index is 542. The van der Waals surface area contributed by atoms with Gasteiger partial charge in [-0.3, -0.25) is 9.59 Å². The second-order valence-corrected chi connectivity index (χ2v) is 8.66. The van der Waals surface area contributed by atoms with E-state index in [4.69, 9.17) is 5.11 Å². The third-order valence-corrected chi connectivity index (χ3v) is 6.98. The number of allylic oxidation sites excluding steroid dienone is 4. The zero-order chi connectivity index (χ0) is 18.4. The number of carboxylic acid groups (broad SMARTS) is 1. The molecule has 0 aromatic carbocycles. The second-order valence-electron chi connectivity index (χ2n) is 8.66. The summed E-state index contributed by atoms with van der Waals surface area (Å²) in [5, 5.41) is 8.69. The molecule has 0 aromatic rings. The molecule has 3 fully saturated rings. The predicted octanol–water partition coefficient (Wildman–Crippen LogP) is 5.56. The normalized spacial score (nSPS) is 32.0. The van der Waals surface area contributed by atoms with Gasteiger partial charge in [0.25, 0.3) is 0 Å². The molecule has 3 nitrogen and oxygen atoms in total. The molecule has 2 bridgehead atoms. The number of hydrogen-bond acceptors (Lipinski definition) is 2. The summed E-state index contributed by atoms with van der Waals surface area (Å²) in [6.07, 6.45) is 21.5. The SMILES string of the molecule is O=C(O)CCCC=CC[C@H]1[C@@H]2CC[C@@H](C2)[C@@H]1C=CC(=O)C1CCCCC1. The second kappa shape index (κ2) is 9.53. The van der Waals surface area contributed by atoms with Crippen molar-refractivity contribution in [2.75, 3.05) is 0 Å². The summed E-state index contributed by atoms with van der Waals surface area (Å²) in [6.45, 7) is 0. The number of hydrogen-bond donors (Lipinski definition) is 1. The Balaban J connectivity index is 1.50. The average Bonchev–Trinajstić information content (AvgIpc) is 3.24. The van der Waals surface area contributed by atoms with Crippen LogP contribution in [0.15, 0.2) is 24.3 Å². The minimum absolute atomic E-state index is 0.257. The lowest BCUT2D eigenvalue weighted by Crippen LogP contribution is -2.21. The molecular formula is C23H34O3. The fourth-order valence-electron chi connectivity index (χ4n) is 5.58. The number of carboxylic acids is 1. The lowest BCUT2D eigenvalue weighted by Gasteiger charge is -2.28.